The van der Waals surface area contributed by atoms with Crippen LogP contribution in [0.1, 0.15) is 38.1 Å². The van der Waals surface area contributed by atoms with Gasteiger partial charge >= 0.3 is 8.32 Å². The summed E-state index contributed by atoms with van der Waals surface area (Å²) in [6.45, 7) is 8.43. The minimum atomic E-state index is -2.29. The number of benzene rings is 1. The van der Waals surface area contributed by atoms with Gasteiger partial charge in [0.25, 0.3) is 0 Å². The minimum Gasteiger partial charge on any atom is -0.531 e. The molecule has 0 atom stereocenters. The average molecular weight is 260 g/mol. The van der Waals surface area contributed by atoms with Gasteiger partial charge in [-0.3, -0.25) is 4.79 Å². The standard InChI is InChI=1S/C15H20O2Si/c1-6-18(12(2)3,13(4)5)17-15-9-7-8-14(10-15)11-16/h1,7-13H,2-5H3. The Morgan fingerprint density at radius 1 is 1.28 bits per heavy atom. The molecule has 1 aromatic carbocycles. The monoisotopic (exact) mass is 260 g/mol. The fourth-order valence-corrected chi connectivity index (χ4v) is 5.16. The summed E-state index contributed by atoms with van der Waals surface area (Å²) in [5, 5.41) is 0. The maximum Gasteiger partial charge on any atom is 0.334 e. The van der Waals surface area contributed by atoms with Gasteiger partial charge in [-0.25, -0.2) is 0 Å². The molecule has 0 N–H and O–H groups in total. The Balaban J connectivity index is 3.11. The Morgan fingerprint density at radius 3 is 2.33 bits per heavy atom. The SMILES string of the molecule is C#C[Si](Oc1cccc(C=O)c1)(C(C)C)C(C)C. The van der Waals surface area contributed by atoms with Crippen LogP contribution in [-0.4, -0.2) is 14.6 Å². The molecule has 0 amide bonds. The first-order valence-corrected chi connectivity index (χ1v) is 8.24. The maximum absolute atomic E-state index is 10.8. The fraction of sp³-hybridized carbons (Fsp3) is 0.400. The van der Waals surface area contributed by atoms with Crippen LogP contribution in [0, 0.1) is 12.0 Å². The molecule has 3 heteroatoms. The van der Waals surface area contributed by atoms with E-state index in [1.165, 1.54) is 0 Å². The zero-order valence-corrected chi connectivity index (χ0v) is 12.4. The van der Waals surface area contributed by atoms with E-state index in [9.17, 15) is 4.79 Å². The summed E-state index contributed by atoms with van der Waals surface area (Å²) in [6.07, 6.45) is 6.56. The highest BCUT2D eigenvalue weighted by molar-refractivity contribution is 6.84. The molecular weight excluding hydrogens is 240 g/mol. The number of hydrogen-bond acceptors (Lipinski definition) is 2. The van der Waals surface area contributed by atoms with Crippen molar-refractivity contribution in [1.29, 1.82) is 0 Å². The Hall–Kier alpha value is -1.53. The predicted octanol–water partition coefficient (Wildman–Crippen LogP) is 3.82. The van der Waals surface area contributed by atoms with Crippen molar-refractivity contribution in [3.05, 3.63) is 29.8 Å². The molecule has 18 heavy (non-hydrogen) atoms. The molecule has 0 fully saturated rings. The van der Waals surface area contributed by atoms with Gasteiger partial charge < -0.3 is 4.43 Å². The molecule has 2 nitrogen and oxygen atoms in total. The Kier molecular flexibility index (Phi) is 4.74. The summed E-state index contributed by atoms with van der Waals surface area (Å²) in [5.74, 6) is 0.701. The van der Waals surface area contributed by atoms with Crippen molar-refractivity contribution in [2.75, 3.05) is 0 Å². The van der Waals surface area contributed by atoms with E-state index in [0.29, 0.717) is 22.4 Å². The van der Waals surface area contributed by atoms with Crippen LogP contribution in [0.25, 0.3) is 0 Å². The smallest absolute Gasteiger partial charge is 0.334 e. The lowest BCUT2D eigenvalue weighted by atomic mass is 10.2. The Bertz CT molecular complexity index is 450. The zero-order chi connectivity index (χ0) is 13.8. The van der Waals surface area contributed by atoms with E-state index in [1.54, 1.807) is 12.1 Å². The van der Waals surface area contributed by atoms with Crippen LogP contribution in [-0.2, 0) is 0 Å². The third kappa shape index (κ3) is 2.83. The molecule has 1 aromatic rings. The summed E-state index contributed by atoms with van der Waals surface area (Å²) in [7, 11) is -2.29. The highest BCUT2D eigenvalue weighted by Gasteiger charge is 2.42. The molecular formula is C15H20O2Si. The third-order valence-corrected chi connectivity index (χ3v) is 7.68. The van der Waals surface area contributed by atoms with E-state index < -0.39 is 8.32 Å². The largest absolute Gasteiger partial charge is 0.531 e. The number of carbonyl (C=O) groups excluding carboxylic acids is 1. The number of aldehydes is 1. The van der Waals surface area contributed by atoms with Crippen LogP contribution >= 0.6 is 0 Å². The van der Waals surface area contributed by atoms with Crippen LogP contribution in [0.15, 0.2) is 24.3 Å². The molecule has 1 rings (SSSR count). The van der Waals surface area contributed by atoms with Crippen molar-refractivity contribution in [1.82, 2.24) is 0 Å². The van der Waals surface area contributed by atoms with E-state index in [-0.39, 0.29) is 0 Å². The first kappa shape index (κ1) is 14.5. The number of carbonyl (C=O) groups is 1. The second kappa shape index (κ2) is 5.88. The normalized spacial score (nSPS) is 11.4. The van der Waals surface area contributed by atoms with E-state index in [1.807, 2.05) is 12.1 Å². The molecule has 0 radical (unpaired) electrons. The molecule has 0 heterocycles. The Morgan fingerprint density at radius 2 is 1.89 bits per heavy atom. The number of rotatable bonds is 5. The van der Waals surface area contributed by atoms with Crippen LogP contribution in [0.4, 0.5) is 0 Å². The van der Waals surface area contributed by atoms with Gasteiger partial charge in [0.1, 0.15) is 12.0 Å². The molecule has 0 aliphatic rings. The lowest BCUT2D eigenvalue weighted by Gasteiger charge is -2.33. The maximum atomic E-state index is 10.8. The molecule has 0 saturated heterocycles. The second-order valence-corrected chi connectivity index (χ2v) is 9.43. The summed E-state index contributed by atoms with van der Waals surface area (Å²) < 4.78 is 6.16. The molecule has 0 saturated carbocycles. The quantitative estimate of drug-likeness (QED) is 0.457. The van der Waals surface area contributed by atoms with Gasteiger partial charge in [0.05, 0.1) is 0 Å². The Labute approximate surface area is 110 Å². The van der Waals surface area contributed by atoms with E-state index in [0.717, 1.165) is 6.29 Å². The van der Waals surface area contributed by atoms with E-state index >= 15 is 0 Å². The summed E-state index contributed by atoms with van der Waals surface area (Å²) in [6, 6.07) is 7.17. The number of terminal acetylenes is 1. The second-order valence-electron chi connectivity index (χ2n) is 5.04. The summed E-state index contributed by atoms with van der Waals surface area (Å²) in [4.78, 5) is 10.8. The zero-order valence-electron chi connectivity index (χ0n) is 11.4. The van der Waals surface area contributed by atoms with Gasteiger partial charge in [-0.15, -0.1) is 6.42 Å². The first-order chi connectivity index (χ1) is 8.46. The third-order valence-electron chi connectivity index (χ3n) is 3.22. The van der Waals surface area contributed by atoms with Gasteiger partial charge in [-0.1, -0.05) is 45.4 Å². The van der Waals surface area contributed by atoms with E-state index in [4.69, 9.17) is 10.8 Å². The molecule has 0 spiro atoms. The van der Waals surface area contributed by atoms with Crippen LogP contribution in [0.3, 0.4) is 0 Å². The number of hydrogen-bond donors (Lipinski definition) is 0. The molecule has 0 unspecified atom stereocenters. The first-order valence-electron chi connectivity index (χ1n) is 6.18. The molecule has 0 aliphatic carbocycles. The van der Waals surface area contributed by atoms with Gasteiger partial charge in [0.15, 0.2) is 0 Å². The van der Waals surface area contributed by atoms with Crippen molar-refractivity contribution >= 4 is 14.6 Å². The highest BCUT2D eigenvalue weighted by atomic mass is 28.4. The van der Waals surface area contributed by atoms with Crippen molar-refractivity contribution in [3.63, 3.8) is 0 Å². The fourth-order valence-electron chi connectivity index (χ4n) is 2.11. The highest BCUT2D eigenvalue weighted by Crippen LogP contribution is 2.34. The molecule has 0 aliphatic heterocycles. The molecule has 0 bridgehead atoms. The van der Waals surface area contributed by atoms with Gasteiger partial charge in [0, 0.05) is 5.56 Å². The van der Waals surface area contributed by atoms with Crippen molar-refractivity contribution < 1.29 is 9.22 Å². The van der Waals surface area contributed by atoms with Crippen molar-refractivity contribution in [2.45, 2.75) is 38.8 Å². The predicted molar refractivity (Wildman–Crippen MR) is 77.2 cm³/mol. The summed E-state index contributed by atoms with van der Waals surface area (Å²) >= 11 is 0. The van der Waals surface area contributed by atoms with Crippen molar-refractivity contribution in [3.8, 4) is 17.7 Å². The van der Waals surface area contributed by atoms with Crippen LogP contribution < -0.4 is 4.43 Å². The van der Waals surface area contributed by atoms with Gasteiger partial charge in [-0.2, -0.15) is 0 Å². The van der Waals surface area contributed by atoms with Crippen molar-refractivity contribution in [2.24, 2.45) is 0 Å². The summed E-state index contributed by atoms with van der Waals surface area (Å²) in [5.41, 5.74) is 4.18. The van der Waals surface area contributed by atoms with Crippen LogP contribution in [0.5, 0.6) is 5.75 Å². The molecule has 0 aromatic heterocycles. The van der Waals surface area contributed by atoms with Crippen LogP contribution in [0.2, 0.25) is 11.1 Å². The van der Waals surface area contributed by atoms with Gasteiger partial charge in [0.2, 0.25) is 0 Å². The van der Waals surface area contributed by atoms with E-state index in [2.05, 4.69) is 33.2 Å². The lowest BCUT2D eigenvalue weighted by Crippen LogP contribution is -2.46. The van der Waals surface area contributed by atoms with Gasteiger partial charge in [-0.05, 0) is 23.2 Å². The minimum absolute atomic E-state index is 0.322. The topological polar surface area (TPSA) is 26.3 Å². The average Bonchev–Trinajstić information content (AvgIpc) is 2.35. The molecule has 96 valence electrons. The lowest BCUT2D eigenvalue weighted by molar-refractivity contribution is 0.112.